The molecule has 1 aromatic carbocycles. The number of nitrogens with zero attached hydrogens (tertiary/aromatic N) is 1. The number of likely N-dealkylation sites (tertiary alicyclic amines) is 1. The van der Waals surface area contributed by atoms with E-state index < -0.39 is 5.60 Å². The molecule has 1 fully saturated rings. The summed E-state index contributed by atoms with van der Waals surface area (Å²) in [6.45, 7) is 4.99. The minimum atomic E-state index is -0.936. The highest BCUT2D eigenvalue weighted by molar-refractivity contribution is 5.32. The van der Waals surface area contributed by atoms with Crippen LogP contribution in [0.5, 0.6) is 11.5 Å². The first-order chi connectivity index (χ1) is 9.65. The maximum Gasteiger partial charge on any atom is 0.123 e. The molecule has 0 aromatic heterocycles. The highest BCUT2D eigenvalue weighted by Crippen LogP contribution is 2.21. The summed E-state index contributed by atoms with van der Waals surface area (Å²) < 4.78 is 11.1. The van der Waals surface area contributed by atoms with E-state index in [2.05, 4.69) is 4.90 Å². The van der Waals surface area contributed by atoms with Gasteiger partial charge in [0.05, 0.1) is 13.2 Å². The van der Waals surface area contributed by atoms with Gasteiger partial charge >= 0.3 is 0 Å². The van der Waals surface area contributed by atoms with Crippen molar-refractivity contribution in [2.45, 2.75) is 18.9 Å². The zero-order valence-corrected chi connectivity index (χ0v) is 11.9. The number of β-amino-alcohol motifs (C(OH)–C–C–N with tert-alkyl or cyclic N) is 1. The zero-order valence-electron chi connectivity index (χ0n) is 11.9. The first-order valence-electron chi connectivity index (χ1n) is 7.06. The van der Waals surface area contributed by atoms with Gasteiger partial charge < -0.3 is 19.7 Å². The summed E-state index contributed by atoms with van der Waals surface area (Å²) in [4.78, 5) is 2.10. The number of hydrogen-bond donors (Lipinski definition) is 2. The van der Waals surface area contributed by atoms with Crippen molar-refractivity contribution in [1.82, 2.24) is 4.90 Å². The Hall–Kier alpha value is -1.30. The van der Waals surface area contributed by atoms with Crippen LogP contribution in [-0.2, 0) is 0 Å². The van der Waals surface area contributed by atoms with Gasteiger partial charge in [0.1, 0.15) is 23.7 Å². The normalized spacial score (nSPS) is 22.9. The number of aliphatic hydroxyl groups excluding tert-OH is 1. The van der Waals surface area contributed by atoms with Gasteiger partial charge in [0.2, 0.25) is 0 Å². The molecule has 1 saturated heterocycles. The molecular formula is C15H23NO4. The summed E-state index contributed by atoms with van der Waals surface area (Å²) in [5, 5.41) is 19.0. The molecule has 5 heteroatoms. The molecule has 112 valence electrons. The topological polar surface area (TPSA) is 62.2 Å². The quantitative estimate of drug-likeness (QED) is 0.777. The molecule has 0 amide bonds. The standard InChI is InChI=1S/C15H23NO4/c1-2-19-13-4-3-5-14(10-13)20-9-8-16-7-6-15(18,11-16)12-17/h3-5,10,17-18H,2,6-9,11-12H2,1H3/t15-/m0/s1. The lowest BCUT2D eigenvalue weighted by molar-refractivity contribution is -0.00590. The molecule has 5 nitrogen and oxygen atoms in total. The van der Waals surface area contributed by atoms with Crippen LogP contribution in [0.2, 0.25) is 0 Å². The lowest BCUT2D eigenvalue weighted by Gasteiger charge is -2.20. The third-order valence-corrected chi connectivity index (χ3v) is 3.50. The highest BCUT2D eigenvalue weighted by atomic mass is 16.5. The summed E-state index contributed by atoms with van der Waals surface area (Å²) in [6, 6.07) is 7.58. The van der Waals surface area contributed by atoms with Gasteiger partial charge in [0, 0.05) is 25.7 Å². The maximum atomic E-state index is 9.93. The van der Waals surface area contributed by atoms with Crippen LogP contribution in [0.4, 0.5) is 0 Å². The number of aliphatic hydroxyl groups is 2. The van der Waals surface area contributed by atoms with Crippen LogP contribution >= 0.6 is 0 Å². The Bertz CT molecular complexity index is 426. The molecular weight excluding hydrogens is 258 g/mol. The van der Waals surface area contributed by atoms with E-state index in [1.54, 1.807) is 0 Å². The van der Waals surface area contributed by atoms with E-state index in [4.69, 9.17) is 14.6 Å². The molecule has 0 saturated carbocycles. The van der Waals surface area contributed by atoms with E-state index in [0.717, 1.165) is 24.6 Å². The van der Waals surface area contributed by atoms with E-state index in [0.29, 0.717) is 26.2 Å². The van der Waals surface area contributed by atoms with Gasteiger partial charge in [0.25, 0.3) is 0 Å². The lowest BCUT2D eigenvalue weighted by Crippen LogP contribution is -2.37. The molecule has 1 atom stereocenters. The fourth-order valence-electron chi connectivity index (χ4n) is 2.37. The smallest absolute Gasteiger partial charge is 0.123 e. The number of benzene rings is 1. The minimum absolute atomic E-state index is 0.180. The Morgan fingerprint density at radius 1 is 1.30 bits per heavy atom. The summed E-state index contributed by atoms with van der Waals surface area (Å²) in [5.41, 5.74) is -0.936. The van der Waals surface area contributed by atoms with Crippen LogP contribution in [0.15, 0.2) is 24.3 Å². The SMILES string of the molecule is CCOc1cccc(OCCN2CC[C@@](O)(CO)C2)c1. The number of ether oxygens (including phenoxy) is 2. The van der Waals surface area contributed by atoms with Gasteiger partial charge in [-0.1, -0.05) is 6.07 Å². The Balaban J connectivity index is 1.75. The number of rotatable bonds is 7. The van der Waals surface area contributed by atoms with Crippen LogP contribution in [0.3, 0.4) is 0 Å². The molecule has 0 unspecified atom stereocenters. The van der Waals surface area contributed by atoms with Crippen LogP contribution in [0.1, 0.15) is 13.3 Å². The van der Waals surface area contributed by atoms with Crippen molar-refractivity contribution in [3.8, 4) is 11.5 Å². The van der Waals surface area contributed by atoms with Crippen LogP contribution in [0, 0.1) is 0 Å². The second-order valence-corrected chi connectivity index (χ2v) is 5.16. The summed E-state index contributed by atoms with van der Waals surface area (Å²) >= 11 is 0. The molecule has 2 N–H and O–H groups in total. The molecule has 1 aliphatic rings. The first-order valence-corrected chi connectivity index (χ1v) is 7.06. The largest absolute Gasteiger partial charge is 0.494 e. The monoisotopic (exact) mass is 281 g/mol. The Morgan fingerprint density at radius 3 is 2.70 bits per heavy atom. The van der Waals surface area contributed by atoms with E-state index in [-0.39, 0.29) is 6.61 Å². The minimum Gasteiger partial charge on any atom is -0.494 e. The molecule has 0 spiro atoms. The molecule has 1 aromatic rings. The van der Waals surface area contributed by atoms with Crippen molar-refractivity contribution < 1.29 is 19.7 Å². The van der Waals surface area contributed by atoms with Crippen molar-refractivity contribution in [1.29, 1.82) is 0 Å². The van der Waals surface area contributed by atoms with E-state index in [1.165, 1.54) is 0 Å². The molecule has 20 heavy (non-hydrogen) atoms. The van der Waals surface area contributed by atoms with Crippen molar-refractivity contribution in [2.75, 3.05) is 39.5 Å². The lowest BCUT2D eigenvalue weighted by atomic mass is 10.1. The zero-order chi connectivity index (χ0) is 14.4. The molecule has 2 rings (SSSR count). The molecule has 0 radical (unpaired) electrons. The Kier molecular flexibility index (Phi) is 5.23. The van der Waals surface area contributed by atoms with Gasteiger partial charge in [-0.2, -0.15) is 0 Å². The van der Waals surface area contributed by atoms with Gasteiger partial charge in [-0.3, -0.25) is 4.90 Å². The molecule has 1 heterocycles. The van der Waals surface area contributed by atoms with Crippen LogP contribution < -0.4 is 9.47 Å². The third-order valence-electron chi connectivity index (χ3n) is 3.50. The van der Waals surface area contributed by atoms with Crippen molar-refractivity contribution in [3.63, 3.8) is 0 Å². The second-order valence-electron chi connectivity index (χ2n) is 5.16. The van der Waals surface area contributed by atoms with Gasteiger partial charge in [-0.05, 0) is 25.5 Å². The fourth-order valence-corrected chi connectivity index (χ4v) is 2.37. The van der Waals surface area contributed by atoms with Crippen LogP contribution in [-0.4, -0.2) is 60.2 Å². The summed E-state index contributed by atoms with van der Waals surface area (Å²) in [7, 11) is 0. The summed E-state index contributed by atoms with van der Waals surface area (Å²) in [5.74, 6) is 1.59. The van der Waals surface area contributed by atoms with Gasteiger partial charge in [-0.25, -0.2) is 0 Å². The molecule has 0 aliphatic carbocycles. The average Bonchev–Trinajstić information content (AvgIpc) is 2.82. The average molecular weight is 281 g/mol. The van der Waals surface area contributed by atoms with E-state index in [1.807, 2.05) is 31.2 Å². The van der Waals surface area contributed by atoms with E-state index in [9.17, 15) is 5.11 Å². The Labute approximate surface area is 119 Å². The first kappa shape index (κ1) is 15.1. The summed E-state index contributed by atoms with van der Waals surface area (Å²) in [6.07, 6.45) is 0.614. The third kappa shape index (κ3) is 4.10. The predicted octanol–water partition coefficient (Wildman–Crippen LogP) is 0.893. The predicted molar refractivity (Wildman–Crippen MR) is 76.2 cm³/mol. The second kappa shape index (κ2) is 6.92. The molecule has 0 bridgehead atoms. The van der Waals surface area contributed by atoms with Crippen molar-refractivity contribution >= 4 is 0 Å². The maximum absolute atomic E-state index is 9.93. The van der Waals surface area contributed by atoms with E-state index >= 15 is 0 Å². The van der Waals surface area contributed by atoms with Crippen LogP contribution in [0.25, 0.3) is 0 Å². The molecule has 1 aliphatic heterocycles. The number of hydrogen-bond acceptors (Lipinski definition) is 5. The fraction of sp³-hybridized carbons (Fsp3) is 0.600. The van der Waals surface area contributed by atoms with Gasteiger partial charge in [-0.15, -0.1) is 0 Å². The highest BCUT2D eigenvalue weighted by Gasteiger charge is 2.34. The van der Waals surface area contributed by atoms with Gasteiger partial charge in [0.15, 0.2) is 0 Å². The van der Waals surface area contributed by atoms with Crippen molar-refractivity contribution in [3.05, 3.63) is 24.3 Å². The van der Waals surface area contributed by atoms with Crippen molar-refractivity contribution in [2.24, 2.45) is 0 Å². The Morgan fingerprint density at radius 2 is 2.05 bits per heavy atom.